The van der Waals surface area contributed by atoms with Crippen LogP contribution in [0.15, 0.2) is 24.3 Å². The first-order chi connectivity index (χ1) is 7.63. The molecule has 0 saturated heterocycles. The Morgan fingerprint density at radius 2 is 1.88 bits per heavy atom. The van der Waals surface area contributed by atoms with Crippen LogP contribution in [0.25, 0.3) is 0 Å². The molecule has 0 saturated carbocycles. The fraction of sp³-hybridized carbons (Fsp3) is 0.538. The first-order valence-electron chi connectivity index (χ1n) is 5.78. The predicted octanol–water partition coefficient (Wildman–Crippen LogP) is 2.25. The zero-order valence-corrected chi connectivity index (χ0v) is 10.0. The maximum Gasteiger partial charge on any atom is 0.119 e. The average Bonchev–Trinajstić information content (AvgIpc) is 2.26. The zero-order valence-electron chi connectivity index (χ0n) is 10.0. The highest BCUT2D eigenvalue weighted by atomic mass is 16.5. The van der Waals surface area contributed by atoms with Crippen molar-refractivity contribution in [2.45, 2.75) is 38.9 Å². The molecule has 0 radical (unpaired) electrons. The smallest absolute Gasteiger partial charge is 0.119 e. The summed E-state index contributed by atoms with van der Waals surface area (Å²) in [4.78, 5) is 0. The van der Waals surface area contributed by atoms with Crippen molar-refractivity contribution in [3.63, 3.8) is 0 Å². The van der Waals surface area contributed by atoms with Gasteiger partial charge in [-0.1, -0.05) is 12.1 Å². The van der Waals surface area contributed by atoms with Crippen LogP contribution in [0.3, 0.4) is 0 Å². The number of aliphatic hydroxyl groups excluding tert-OH is 1. The number of ether oxygens (including phenoxy) is 1. The molecule has 0 fully saturated rings. The van der Waals surface area contributed by atoms with Crippen LogP contribution in [-0.4, -0.2) is 17.8 Å². The molecule has 0 aromatic heterocycles. The molecular formula is C13H21NO2. The molecule has 1 aromatic carbocycles. The summed E-state index contributed by atoms with van der Waals surface area (Å²) in [5.74, 6) is 0.838. The number of benzene rings is 1. The maximum absolute atomic E-state index is 9.83. The van der Waals surface area contributed by atoms with Crippen LogP contribution in [0.2, 0.25) is 0 Å². The maximum atomic E-state index is 9.83. The summed E-state index contributed by atoms with van der Waals surface area (Å²) in [6, 6.07) is 7.58. The van der Waals surface area contributed by atoms with Gasteiger partial charge in [0.05, 0.1) is 12.2 Å². The van der Waals surface area contributed by atoms with E-state index in [0.717, 1.165) is 17.7 Å². The summed E-state index contributed by atoms with van der Waals surface area (Å²) in [6.45, 7) is 4.60. The summed E-state index contributed by atoms with van der Waals surface area (Å²) < 4.78 is 5.53. The number of hydrogen-bond donors (Lipinski definition) is 2. The van der Waals surface area contributed by atoms with E-state index in [0.29, 0.717) is 13.0 Å². The molecule has 1 aromatic rings. The minimum absolute atomic E-state index is 0.174. The molecule has 0 bridgehead atoms. The van der Waals surface area contributed by atoms with Crippen molar-refractivity contribution in [2.24, 2.45) is 5.73 Å². The summed E-state index contributed by atoms with van der Waals surface area (Å²) in [5.41, 5.74) is 6.32. The van der Waals surface area contributed by atoms with Gasteiger partial charge in [-0.05, 0) is 50.9 Å². The van der Waals surface area contributed by atoms with Gasteiger partial charge in [0.25, 0.3) is 0 Å². The van der Waals surface area contributed by atoms with Crippen LogP contribution >= 0.6 is 0 Å². The van der Waals surface area contributed by atoms with E-state index in [2.05, 4.69) is 0 Å². The normalized spacial score (nSPS) is 12.8. The molecule has 16 heavy (non-hydrogen) atoms. The molecule has 0 spiro atoms. The van der Waals surface area contributed by atoms with Gasteiger partial charge in [0, 0.05) is 0 Å². The second-order valence-corrected chi connectivity index (χ2v) is 4.18. The Bertz CT molecular complexity index is 295. The highest BCUT2D eigenvalue weighted by molar-refractivity contribution is 5.28. The molecular weight excluding hydrogens is 202 g/mol. The van der Waals surface area contributed by atoms with Crippen LogP contribution in [0.5, 0.6) is 5.75 Å². The lowest BCUT2D eigenvalue weighted by Gasteiger charge is -2.13. The van der Waals surface area contributed by atoms with Gasteiger partial charge >= 0.3 is 0 Å². The third kappa shape index (κ3) is 4.21. The van der Waals surface area contributed by atoms with E-state index in [9.17, 15) is 5.11 Å². The first-order valence-corrected chi connectivity index (χ1v) is 5.78. The Labute approximate surface area is 97.2 Å². The SMILES string of the molecule is CC(C)Oc1ccc(C(O)CCCN)cc1. The fourth-order valence-corrected chi connectivity index (χ4v) is 1.52. The largest absolute Gasteiger partial charge is 0.491 e. The number of hydrogen-bond acceptors (Lipinski definition) is 3. The van der Waals surface area contributed by atoms with Crippen LogP contribution in [0.4, 0.5) is 0 Å². The monoisotopic (exact) mass is 223 g/mol. The Balaban J connectivity index is 2.56. The molecule has 90 valence electrons. The summed E-state index contributed by atoms with van der Waals surface area (Å²) in [6.07, 6.45) is 1.30. The number of aliphatic hydroxyl groups is 1. The molecule has 0 amide bonds. The van der Waals surface area contributed by atoms with Gasteiger partial charge < -0.3 is 15.6 Å². The van der Waals surface area contributed by atoms with Gasteiger partial charge in [-0.3, -0.25) is 0 Å². The highest BCUT2D eigenvalue weighted by Crippen LogP contribution is 2.21. The topological polar surface area (TPSA) is 55.5 Å². The summed E-state index contributed by atoms with van der Waals surface area (Å²) >= 11 is 0. The van der Waals surface area contributed by atoms with Crippen molar-refractivity contribution >= 4 is 0 Å². The van der Waals surface area contributed by atoms with Gasteiger partial charge in [0.15, 0.2) is 0 Å². The first kappa shape index (κ1) is 13.0. The molecule has 0 aliphatic rings. The molecule has 1 unspecified atom stereocenters. The fourth-order valence-electron chi connectivity index (χ4n) is 1.52. The van der Waals surface area contributed by atoms with E-state index in [1.165, 1.54) is 0 Å². The predicted molar refractivity (Wildman–Crippen MR) is 65.5 cm³/mol. The van der Waals surface area contributed by atoms with Crippen molar-refractivity contribution in [2.75, 3.05) is 6.54 Å². The molecule has 0 aliphatic heterocycles. The Morgan fingerprint density at radius 3 is 2.38 bits per heavy atom. The molecule has 1 atom stereocenters. The lowest BCUT2D eigenvalue weighted by molar-refractivity contribution is 0.165. The third-order valence-electron chi connectivity index (χ3n) is 2.32. The van der Waals surface area contributed by atoms with Crippen LogP contribution < -0.4 is 10.5 Å². The van der Waals surface area contributed by atoms with Gasteiger partial charge in [-0.2, -0.15) is 0 Å². The van der Waals surface area contributed by atoms with Crippen LogP contribution in [0.1, 0.15) is 38.4 Å². The average molecular weight is 223 g/mol. The third-order valence-corrected chi connectivity index (χ3v) is 2.32. The lowest BCUT2D eigenvalue weighted by Crippen LogP contribution is -2.06. The number of rotatable bonds is 6. The van der Waals surface area contributed by atoms with Gasteiger partial charge in [-0.15, -0.1) is 0 Å². The summed E-state index contributed by atoms with van der Waals surface area (Å²) in [5, 5.41) is 9.83. The van der Waals surface area contributed by atoms with Crippen molar-refractivity contribution < 1.29 is 9.84 Å². The van der Waals surface area contributed by atoms with Gasteiger partial charge in [0.1, 0.15) is 5.75 Å². The van der Waals surface area contributed by atoms with Crippen LogP contribution in [-0.2, 0) is 0 Å². The van der Waals surface area contributed by atoms with E-state index in [1.54, 1.807) is 0 Å². The molecule has 0 heterocycles. The standard InChI is InChI=1S/C13H21NO2/c1-10(2)16-12-7-5-11(6-8-12)13(15)4-3-9-14/h5-8,10,13,15H,3-4,9,14H2,1-2H3. The van der Waals surface area contributed by atoms with Crippen LogP contribution in [0, 0.1) is 0 Å². The minimum Gasteiger partial charge on any atom is -0.491 e. The van der Waals surface area contributed by atoms with E-state index in [4.69, 9.17) is 10.5 Å². The van der Waals surface area contributed by atoms with E-state index in [-0.39, 0.29) is 6.10 Å². The molecule has 3 nitrogen and oxygen atoms in total. The van der Waals surface area contributed by atoms with Gasteiger partial charge in [0.2, 0.25) is 0 Å². The van der Waals surface area contributed by atoms with Crippen molar-refractivity contribution in [1.82, 2.24) is 0 Å². The molecule has 0 aliphatic carbocycles. The van der Waals surface area contributed by atoms with Crippen molar-refractivity contribution in [3.8, 4) is 5.75 Å². The van der Waals surface area contributed by atoms with E-state index >= 15 is 0 Å². The Morgan fingerprint density at radius 1 is 1.25 bits per heavy atom. The minimum atomic E-state index is -0.420. The summed E-state index contributed by atoms with van der Waals surface area (Å²) in [7, 11) is 0. The van der Waals surface area contributed by atoms with E-state index in [1.807, 2.05) is 38.1 Å². The molecule has 3 N–H and O–H groups in total. The molecule has 3 heteroatoms. The van der Waals surface area contributed by atoms with E-state index < -0.39 is 6.10 Å². The van der Waals surface area contributed by atoms with Gasteiger partial charge in [-0.25, -0.2) is 0 Å². The zero-order chi connectivity index (χ0) is 12.0. The quantitative estimate of drug-likeness (QED) is 0.777. The molecule has 1 rings (SSSR count). The Hall–Kier alpha value is -1.06. The Kier molecular flexibility index (Phi) is 5.29. The van der Waals surface area contributed by atoms with Crippen molar-refractivity contribution in [3.05, 3.63) is 29.8 Å². The highest BCUT2D eigenvalue weighted by Gasteiger charge is 2.07. The van der Waals surface area contributed by atoms with Crippen molar-refractivity contribution in [1.29, 1.82) is 0 Å². The second-order valence-electron chi connectivity index (χ2n) is 4.18. The second kappa shape index (κ2) is 6.51. The lowest BCUT2D eigenvalue weighted by atomic mass is 10.1. The number of nitrogens with two attached hydrogens (primary N) is 1.